The molecule has 0 unspecified atom stereocenters. The van der Waals surface area contributed by atoms with E-state index in [1.807, 2.05) is 32.0 Å². The molecule has 0 atom stereocenters. The van der Waals surface area contributed by atoms with Crippen LogP contribution in [-0.4, -0.2) is 18.4 Å². The van der Waals surface area contributed by atoms with Crippen molar-refractivity contribution in [1.82, 2.24) is 4.98 Å². The molecule has 0 bridgehead atoms. The first-order valence-corrected chi connectivity index (χ1v) is 8.05. The van der Waals surface area contributed by atoms with E-state index in [2.05, 4.69) is 9.71 Å². The van der Waals surface area contributed by atoms with Gasteiger partial charge in [0, 0.05) is 6.20 Å². The number of rotatable bonds is 4. The molecule has 21 heavy (non-hydrogen) atoms. The summed E-state index contributed by atoms with van der Waals surface area (Å²) in [6.07, 6.45) is 1.24. The van der Waals surface area contributed by atoms with Gasteiger partial charge in [0.1, 0.15) is 9.88 Å². The van der Waals surface area contributed by atoms with Gasteiger partial charge >= 0.3 is 0 Å². The zero-order chi connectivity index (χ0) is 15.6. The summed E-state index contributed by atoms with van der Waals surface area (Å²) in [5, 5.41) is 0. The topological polar surface area (TPSA) is 85.1 Å². The molecule has 0 aliphatic rings. The van der Waals surface area contributed by atoms with Gasteiger partial charge in [-0.25, -0.2) is 8.42 Å². The minimum Gasteiger partial charge on any atom is -0.388 e. The van der Waals surface area contributed by atoms with Crippen molar-refractivity contribution < 1.29 is 8.42 Å². The molecule has 0 aliphatic heterocycles. The standard InChI is InChI=1S/C14H15N3O2S2/c1-9-4-3-5-10(2)13(9)17-21(18,19)11-6-7-12(14(15)20)16-8-11/h3-8,17H,1-2H3,(H2,15,20). The second-order valence-electron chi connectivity index (χ2n) is 4.62. The summed E-state index contributed by atoms with van der Waals surface area (Å²) < 4.78 is 27.3. The molecule has 0 spiro atoms. The molecule has 1 aromatic carbocycles. The third-order valence-corrected chi connectivity index (χ3v) is 4.56. The van der Waals surface area contributed by atoms with Crippen LogP contribution in [0.4, 0.5) is 5.69 Å². The second-order valence-corrected chi connectivity index (χ2v) is 6.74. The van der Waals surface area contributed by atoms with Crippen LogP contribution < -0.4 is 10.5 Å². The first-order valence-electron chi connectivity index (χ1n) is 6.16. The van der Waals surface area contributed by atoms with E-state index in [-0.39, 0.29) is 9.88 Å². The molecular formula is C14H15N3O2S2. The molecule has 2 rings (SSSR count). The van der Waals surface area contributed by atoms with Crippen LogP contribution in [0.5, 0.6) is 0 Å². The number of anilines is 1. The number of thiocarbonyl (C=S) groups is 1. The Morgan fingerprint density at radius 2 is 1.81 bits per heavy atom. The van der Waals surface area contributed by atoms with Crippen molar-refractivity contribution in [1.29, 1.82) is 0 Å². The summed E-state index contributed by atoms with van der Waals surface area (Å²) in [6, 6.07) is 8.48. The molecule has 110 valence electrons. The predicted octanol–water partition coefficient (Wildman–Crippen LogP) is 2.13. The van der Waals surface area contributed by atoms with Crippen LogP contribution in [0.1, 0.15) is 16.8 Å². The Bertz CT molecular complexity index is 764. The van der Waals surface area contributed by atoms with Crippen molar-refractivity contribution in [3.63, 3.8) is 0 Å². The Morgan fingerprint density at radius 1 is 1.19 bits per heavy atom. The van der Waals surface area contributed by atoms with Crippen molar-refractivity contribution in [2.75, 3.05) is 4.72 Å². The molecule has 7 heteroatoms. The monoisotopic (exact) mass is 321 g/mol. The van der Waals surface area contributed by atoms with Crippen molar-refractivity contribution in [2.45, 2.75) is 18.7 Å². The maximum absolute atomic E-state index is 12.4. The summed E-state index contributed by atoms with van der Waals surface area (Å²) in [6.45, 7) is 3.69. The van der Waals surface area contributed by atoms with Gasteiger partial charge in [-0.3, -0.25) is 9.71 Å². The number of nitrogens with zero attached hydrogens (tertiary/aromatic N) is 1. The average molecular weight is 321 g/mol. The fraction of sp³-hybridized carbons (Fsp3) is 0.143. The molecule has 1 aromatic heterocycles. The molecule has 0 saturated carbocycles. The van der Waals surface area contributed by atoms with Gasteiger partial charge in [0.05, 0.1) is 11.4 Å². The zero-order valence-electron chi connectivity index (χ0n) is 11.6. The molecule has 5 nitrogen and oxygen atoms in total. The van der Waals surface area contributed by atoms with E-state index in [1.54, 1.807) is 0 Å². The van der Waals surface area contributed by atoms with Crippen LogP contribution in [0.15, 0.2) is 41.4 Å². The van der Waals surface area contributed by atoms with Crippen LogP contribution in [-0.2, 0) is 10.0 Å². The number of pyridine rings is 1. The van der Waals surface area contributed by atoms with E-state index in [9.17, 15) is 8.42 Å². The van der Waals surface area contributed by atoms with Crippen LogP contribution >= 0.6 is 12.2 Å². The quantitative estimate of drug-likeness (QED) is 0.843. The molecule has 0 radical (unpaired) electrons. The number of aromatic nitrogens is 1. The number of para-hydroxylation sites is 1. The highest BCUT2D eigenvalue weighted by Gasteiger charge is 2.17. The van der Waals surface area contributed by atoms with Gasteiger partial charge in [0.25, 0.3) is 10.0 Å². The highest BCUT2D eigenvalue weighted by atomic mass is 32.2. The lowest BCUT2D eigenvalue weighted by atomic mass is 10.1. The van der Waals surface area contributed by atoms with Gasteiger partial charge < -0.3 is 5.73 Å². The van der Waals surface area contributed by atoms with Crippen molar-refractivity contribution in [2.24, 2.45) is 5.73 Å². The van der Waals surface area contributed by atoms with Gasteiger partial charge in [-0.15, -0.1) is 0 Å². The third-order valence-electron chi connectivity index (χ3n) is 3.02. The van der Waals surface area contributed by atoms with Crippen molar-refractivity contribution in [3.8, 4) is 0 Å². The van der Waals surface area contributed by atoms with Gasteiger partial charge in [0.2, 0.25) is 0 Å². The van der Waals surface area contributed by atoms with E-state index in [0.29, 0.717) is 11.4 Å². The number of nitrogens with two attached hydrogens (primary N) is 1. The Morgan fingerprint density at radius 3 is 2.29 bits per heavy atom. The maximum Gasteiger partial charge on any atom is 0.263 e. The minimum atomic E-state index is -3.70. The second kappa shape index (κ2) is 5.79. The Labute approximate surface area is 129 Å². The van der Waals surface area contributed by atoms with E-state index >= 15 is 0 Å². The third kappa shape index (κ3) is 3.37. The molecular weight excluding hydrogens is 306 g/mol. The minimum absolute atomic E-state index is 0.0603. The summed E-state index contributed by atoms with van der Waals surface area (Å²) >= 11 is 4.79. The van der Waals surface area contributed by atoms with Crippen molar-refractivity contribution >= 4 is 32.9 Å². The van der Waals surface area contributed by atoms with Crippen LogP contribution in [0.25, 0.3) is 0 Å². The van der Waals surface area contributed by atoms with Crippen LogP contribution in [0.3, 0.4) is 0 Å². The van der Waals surface area contributed by atoms with E-state index in [0.717, 1.165) is 11.1 Å². The molecule has 2 aromatic rings. The Balaban J connectivity index is 2.36. The highest BCUT2D eigenvalue weighted by Crippen LogP contribution is 2.23. The van der Waals surface area contributed by atoms with E-state index in [1.165, 1.54) is 18.3 Å². The maximum atomic E-state index is 12.4. The molecule has 3 N–H and O–H groups in total. The lowest BCUT2D eigenvalue weighted by Gasteiger charge is -2.13. The van der Waals surface area contributed by atoms with Gasteiger partial charge in [0.15, 0.2) is 0 Å². The number of aryl methyl sites for hydroxylation is 2. The Kier molecular flexibility index (Phi) is 4.24. The average Bonchev–Trinajstić information content (AvgIpc) is 2.43. The number of hydrogen-bond acceptors (Lipinski definition) is 4. The van der Waals surface area contributed by atoms with Crippen LogP contribution in [0, 0.1) is 13.8 Å². The summed E-state index contributed by atoms with van der Waals surface area (Å²) in [5.74, 6) is 0. The first kappa shape index (κ1) is 15.4. The first-order chi connectivity index (χ1) is 9.81. The lowest BCUT2D eigenvalue weighted by Crippen LogP contribution is -2.16. The number of nitrogens with one attached hydrogen (secondary N) is 1. The van der Waals surface area contributed by atoms with Crippen molar-refractivity contribution in [3.05, 3.63) is 53.3 Å². The Hall–Kier alpha value is -1.99. The largest absolute Gasteiger partial charge is 0.388 e. The molecule has 0 saturated heterocycles. The normalized spacial score (nSPS) is 11.1. The van der Waals surface area contributed by atoms with Gasteiger partial charge in [-0.05, 0) is 37.1 Å². The smallest absolute Gasteiger partial charge is 0.263 e. The molecule has 0 aliphatic carbocycles. The lowest BCUT2D eigenvalue weighted by molar-refractivity contribution is 0.600. The SMILES string of the molecule is Cc1cccc(C)c1NS(=O)(=O)c1ccc(C(N)=S)nc1. The summed E-state index contributed by atoms with van der Waals surface area (Å²) in [4.78, 5) is 4.13. The number of benzene rings is 1. The van der Waals surface area contributed by atoms with Gasteiger partial charge in [-0.1, -0.05) is 30.4 Å². The highest BCUT2D eigenvalue weighted by molar-refractivity contribution is 7.92. The molecule has 1 heterocycles. The van der Waals surface area contributed by atoms with E-state index in [4.69, 9.17) is 18.0 Å². The fourth-order valence-corrected chi connectivity index (χ4v) is 3.12. The predicted molar refractivity (Wildman–Crippen MR) is 86.8 cm³/mol. The fourth-order valence-electron chi connectivity index (χ4n) is 1.85. The van der Waals surface area contributed by atoms with Gasteiger partial charge in [-0.2, -0.15) is 0 Å². The summed E-state index contributed by atoms with van der Waals surface area (Å²) in [5.41, 5.74) is 8.11. The van der Waals surface area contributed by atoms with E-state index < -0.39 is 10.0 Å². The zero-order valence-corrected chi connectivity index (χ0v) is 13.3. The number of sulfonamides is 1. The van der Waals surface area contributed by atoms with Crippen LogP contribution in [0.2, 0.25) is 0 Å². The number of hydrogen-bond donors (Lipinski definition) is 2. The molecule has 0 amide bonds. The summed E-state index contributed by atoms with van der Waals surface area (Å²) in [7, 11) is -3.70. The molecule has 0 fully saturated rings.